The number of thioether (sulfide) groups is 1. The van der Waals surface area contributed by atoms with Crippen LogP contribution in [0.2, 0.25) is 0 Å². The quantitative estimate of drug-likeness (QED) is 0.0833. The molecule has 8 rings (SSSR count). The van der Waals surface area contributed by atoms with Crippen LogP contribution in [0.25, 0.3) is 11.0 Å². The van der Waals surface area contributed by atoms with Gasteiger partial charge in [-0.25, -0.2) is 9.97 Å². The van der Waals surface area contributed by atoms with Crippen LogP contribution in [0.4, 0.5) is 23.1 Å². The number of rotatable bonds is 17. The summed E-state index contributed by atoms with van der Waals surface area (Å²) in [5.41, 5.74) is 3.87. The minimum absolute atomic E-state index is 0.0556. The predicted molar refractivity (Wildman–Crippen MR) is 242 cm³/mol. The number of pyridine rings is 1. The highest BCUT2D eigenvalue weighted by molar-refractivity contribution is 8.03. The lowest BCUT2D eigenvalue weighted by molar-refractivity contribution is -0.122. The molecule has 1 atom stereocenters. The summed E-state index contributed by atoms with van der Waals surface area (Å²) in [5, 5.41) is 19.1. The molecule has 1 saturated carbocycles. The van der Waals surface area contributed by atoms with Crippen LogP contribution in [0.1, 0.15) is 73.2 Å². The number of hydrogen-bond acceptors (Lipinski definition) is 14. The molecule has 1 aliphatic carbocycles. The molecule has 19 heteroatoms. The zero-order valence-electron chi connectivity index (χ0n) is 35.8. The Balaban J connectivity index is 0.684. The molecule has 1 spiro atoms. The van der Waals surface area contributed by atoms with E-state index in [4.69, 9.17) is 14.5 Å². The van der Waals surface area contributed by atoms with Gasteiger partial charge < -0.3 is 50.8 Å². The molecule has 3 aromatic heterocycles. The number of hydrogen-bond donors (Lipinski definition) is 6. The molecule has 4 amide bonds. The van der Waals surface area contributed by atoms with Crippen molar-refractivity contribution < 1.29 is 28.7 Å². The van der Waals surface area contributed by atoms with Crippen LogP contribution in [-0.2, 0) is 24.6 Å². The van der Waals surface area contributed by atoms with Gasteiger partial charge in [-0.3, -0.25) is 24.1 Å². The molecule has 1 saturated heterocycles. The number of carbonyl (C=O) groups excluding carboxylic acids is 4. The topological polar surface area (TPSA) is 209 Å². The fourth-order valence-corrected chi connectivity index (χ4v) is 9.50. The Kier molecular flexibility index (Phi) is 14.0. The van der Waals surface area contributed by atoms with Crippen LogP contribution in [0, 0.1) is 0 Å². The van der Waals surface area contributed by atoms with E-state index in [0.717, 1.165) is 79.2 Å². The van der Waals surface area contributed by atoms with E-state index in [0.29, 0.717) is 68.2 Å². The number of aromatic nitrogens is 4. The Morgan fingerprint density at radius 3 is 2.48 bits per heavy atom. The van der Waals surface area contributed by atoms with Gasteiger partial charge in [-0.15, -0.1) is 0 Å². The fraction of sp³-hybridized carbons (Fsp3) is 0.477. The van der Waals surface area contributed by atoms with Gasteiger partial charge in [-0.05, 0) is 57.0 Å². The minimum Gasteiger partial charge on any atom is -0.379 e. The lowest BCUT2D eigenvalue weighted by Gasteiger charge is -2.42. The molecular formula is C44H56N12O6S. The number of carbonyl (C=O) groups is 4. The van der Waals surface area contributed by atoms with Crippen LogP contribution < -0.4 is 36.8 Å². The summed E-state index contributed by atoms with van der Waals surface area (Å²) in [7, 11) is 0. The third-order valence-corrected chi connectivity index (χ3v) is 13.1. The highest BCUT2D eigenvalue weighted by atomic mass is 32.2. The number of fused-ring (bicyclic) bond motifs is 4. The second-order valence-electron chi connectivity index (χ2n) is 16.3. The summed E-state index contributed by atoms with van der Waals surface area (Å²) in [4.78, 5) is 70.5. The average Bonchev–Trinajstić information content (AvgIpc) is 3.84. The zero-order valence-corrected chi connectivity index (χ0v) is 36.7. The van der Waals surface area contributed by atoms with Crippen molar-refractivity contribution in [2.75, 3.05) is 87.8 Å². The third-order valence-electron chi connectivity index (χ3n) is 12.0. The van der Waals surface area contributed by atoms with Gasteiger partial charge in [0.15, 0.2) is 5.50 Å². The van der Waals surface area contributed by atoms with Gasteiger partial charge in [0, 0.05) is 61.5 Å². The van der Waals surface area contributed by atoms with E-state index in [9.17, 15) is 19.2 Å². The van der Waals surface area contributed by atoms with Gasteiger partial charge in [0.1, 0.15) is 17.2 Å². The summed E-state index contributed by atoms with van der Waals surface area (Å²) >= 11 is 1.54. The number of ether oxygens (including phenoxy) is 2. The Morgan fingerprint density at radius 1 is 0.921 bits per heavy atom. The van der Waals surface area contributed by atoms with E-state index < -0.39 is 0 Å². The molecule has 3 aliphatic heterocycles. The van der Waals surface area contributed by atoms with E-state index >= 15 is 0 Å². The summed E-state index contributed by atoms with van der Waals surface area (Å²) in [5.74, 6) is 0.400. The molecule has 1 aromatic carbocycles. The second kappa shape index (κ2) is 20.2. The molecular weight excluding hydrogens is 825 g/mol. The SMILES string of the molecule is CC1=C(C)SC(NC(=O)c2ccccc2NC(=O)CCOCCOCCNC(=O)CN2CCN(c3ccc(Nc4ncc5cc6n(c5n4)C4(CCCCC4)CNC6=O)nc3)CC2)N1. The molecule has 63 heavy (non-hydrogen) atoms. The van der Waals surface area contributed by atoms with E-state index in [2.05, 4.69) is 56.2 Å². The van der Waals surface area contributed by atoms with Crippen LogP contribution >= 0.6 is 11.8 Å². The van der Waals surface area contributed by atoms with Gasteiger partial charge in [-0.2, -0.15) is 4.98 Å². The number of benzene rings is 1. The number of allylic oxidation sites excluding steroid dienone is 2. The lowest BCUT2D eigenvalue weighted by Crippen LogP contribution is -2.52. The van der Waals surface area contributed by atoms with Crippen molar-refractivity contribution in [1.29, 1.82) is 0 Å². The first-order valence-corrected chi connectivity index (χ1v) is 22.6. The Bertz CT molecular complexity index is 2310. The van der Waals surface area contributed by atoms with Crippen molar-refractivity contribution in [3.05, 3.63) is 76.7 Å². The smallest absolute Gasteiger partial charge is 0.268 e. The first-order valence-electron chi connectivity index (χ1n) is 21.7. The van der Waals surface area contributed by atoms with Crippen LogP contribution in [0.15, 0.2) is 65.5 Å². The van der Waals surface area contributed by atoms with Gasteiger partial charge in [-0.1, -0.05) is 43.2 Å². The normalized spacial score (nSPS) is 18.5. The van der Waals surface area contributed by atoms with Crippen molar-refractivity contribution in [3.63, 3.8) is 0 Å². The maximum absolute atomic E-state index is 12.9. The standard InChI is InChI=1S/C44H56N12O6S/c1-29-30(2)63-43(49-29)53-40(59)33-8-4-5-9-34(33)50-37(57)12-20-61-22-23-62-21-15-45-38(58)27-54-16-18-55(19-17-54)32-10-11-36(46-26-32)51-42-47-25-31-24-35-41(60)48-28-44(13-6-3-7-14-44)56(35)39(31)52-42/h4-5,8-11,24-26,43,49H,3,6-7,12-23,27-28H2,1-2H3,(H,45,58)(H,48,60)(H,50,57)(H,53,59)(H,46,47,51,52). The number of para-hydroxylation sites is 1. The highest BCUT2D eigenvalue weighted by Gasteiger charge is 2.41. The van der Waals surface area contributed by atoms with Crippen LogP contribution in [-0.4, -0.2) is 126 Å². The Labute approximate surface area is 370 Å². The van der Waals surface area contributed by atoms with Crippen LogP contribution in [0.5, 0.6) is 0 Å². The number of nitrogens with one attached hydrogen (secondary N) is 6. The van der Waals surface area contributed by atoms with Gasteiger partial charge >= 0.3 is 0 Å². The van der Waals surface area contributed by atoms with Gasteiger partial charge in [0.25, 0.3) is 11.8 Å². The van der Waals surface area contributed by atoms with Crippen molar-refractivity contribution in [3.8, 4) is 0 Å². The number of nitrogens with zero attached hydrogens (tertiary/aromatic N) is 6. The molecule has 2 fully saturated rings. The number of amides is 4. The fourth-order valence-electron chi connectivity index (χ4n) is 8.51. The van der Waals surface area contributed by atoms with Crippen molar-refractivity contribution in [1.82, 2.24) is 45.7 Å². The molecule has 4 aromatic rings. The molecule has 18 nitrogen and oxygen atoms in total. The van der Waals surface area contributed by atoms with E-state index in [-0.39, 0.29) is 47.7 Å². The Morgan fingerprint density at radius 2 is 1.71 bits per heavy atom. The number of piperazine rings is 1. The van der Waals surface area contributed by atoms with Gasteiger partial charge in [0.2, 0.25) is 17.8 Å². The molecule has 0 radical (unpaired) electrons. The summed E-state index contributed by atoms with van der Waals surface area (Å²) in [6.07, 6.45) is 9.24. The molecule has 1 unspecified atom stereocenters. The van der Waals surface area contributed by atoms with Crippen molar-refractivity contribution in [2.45, 2.75) is 63.4 Å². The largest absolute Gasteiger partial charge is 0.379 e. The molecule has 334 valence electrons. The maximum Gasteiger partial charge on any atom is 0.268 e. The lowest BCUT2D eigenvalue weighted by atomic mass is 9.80. The number of anilines is 4. The zero-order chi connectivity index (χ0) is 43.8. The van der Waals surface area contributed by atoms with E-state index in [1.165, 1.54) is 18.2 Å². The van der Waals surface area contributed by atoms with Gasteiger partial charge in [0.05, 0.1) is 68.1 Å². The predicted octanol–water partition coefficient (Wildman–Crippen LogP) is 3.87. The molecule has 6 heterocycles. The average molecular weight is 881 g/mol. The highest BCUT2D eigenvalue weighted by Crippen LogP contribution is 2.40. The summed E-state index contributed by atoms with van der Waals surface area (Å²) in [6.45, 7) is 9.47. The summed E-state index contributed by atoms with van der Waals surface area (Å²) in [6, 6.07) is 12.7. The second-order valence-corrected chi connectivity index (χ2v) is 17.6. The first kappa shape index (κ1) is 43.9. The molecule has 6 N–H and O–H groups in total. The maximum atomic E-state index is 12.9. The first-order chi connectivity index (χ1) is 30.6. The monoisotopic (exact) mass is 880 g/mol. The van der Waals surface area contributed by atoms with Crippen molar-refractivity contribution in [2.24, 2.45) is 0 Å². The van der Waals surface area contributed by atoms with Crippen molar-refractivity contribution >= 4 is 69.6 Å². The molecule has 0 bridgehead atoms. The Hall–Kier alpha value is -5.76. The van der Waals surface area contributed by atoms with E-state index in [1.807, 2.05) is 38.2 Å². The summed E-state index contributed by atoms with van der Waals surface area (Å²) < 4.78 is 13.3. The third kappa shape index (κ3) is 10.7. The van der Waals surface area contributed by atoms with E-state index in [1.54, 1.807) is 30.5 Å². The van der Waals surface area contributed by atoms with Crippen LogP contribution in [0.3, 0.4) is 0 Å². The minimum atomic E-state index is -0.281. The molecule has 4 aliphatic rings.